The average molecular weight is 415 g/mol. The number of amides is 1. The average Bonchev–Trinajstić information content (AvgIpc) is 3.56. The minimum Gasteiger partial charge on any atom is -0.454 e. The van der Waals surface area contributed by atoms with E-state index in [0.717, 1.165) is 66.4 Å². The third-order valence-electron chi connectivity index (χ3n) is 6.46. The van der Waals surface area contributed by atoms with E-state index < -0.39 is 0 Å². The summed E-state index contributed by atoms with van der Waals surface area (Å²) in [6, 6.07) is 16.2. The third-order valence-corrected chi connectivity index (χ3v) is 6.46. The highest BCUT2D eigenvalue weighted by Gasteiger charge is 2.29. The zero-order valence-electron chi connectivity index (χ0n) is 17.4. The summed E-state index contributed by atoms with van der Waals surface area (Å²) in [6.07, 6.45) is 2.36. The number of hydrogen-bond donors (Lipinski definition) is 0. The van der Waals surface area contributed by atoms with Gasteiger partial charge in [-0.05, 0) is 42.7 Å². The summed E-state index contributed by atoms with van der Waals surface area (Å²) < 4.78 is 10.9. The van der Waals surface area contributed by atoms with Crippen LogP contribution in [0.1, 0.15) is 40.4 Å². The van der Waals surface area contributed by atoms with Gasteiger partial charge in [0.2, 0.25) is 6.79 Å². The fourth-order valence-corrected chi connectivity index (χ4v) is 4.54. The van der Waals surface area contributed by atoms with E-state index >= 15 is 0 Å². The molecule has 1 saturated carbocycles. The maximum atomic E-state index is 13.5. The van der Waals surface area contributed by atoms with Crippen molar-refractivity contribution >= 4 is 16.8 Å². The predicted molar refractivity (Wildman–Crippen MR) is 117 cm³/mol. The van der Waals surface area contributed by atoms with Crippen LogP contribution < -0.4 is 9.47 Å². The number of fused-ring (bicyclic) bond motifs is 2. The van der Waals surface area contributed by atoms with Crippen LogP contribution >= 0.6 is 0 Å². The molecule has 6 heteroatoms. The number of pyridine rings is 1. The quantitative estimate of drug-likeness (QED) is 0.649. The van der Waals surface area contributed by atoms with Crippen LogP contribution in [0.15, 0.2) is 48.5 Å². The lowest BCUT2D eigenvalue weighted by Crippen LogP contribution is -2.48. The molecular formula is C25H25N3O3. The lowest BCUT2D eigenvalue weighted by Gasteiger charge is -2.35. The summed E-state index contributed by atoms with van der Waals surface area (Å²) in [5.74, 6) is 2.29. The van der Waals surface area contributed by atoms with Crippen LogP contribution in [0.3, 0.4) is 0 Å². The van der Waals surface area contributed by atoms with Crippen LogP contribution in [0, 0.1) is 0 Å². The lowest BCUT2D eigenvalue weighted by molar-refractivity contribution is 0.0630. The fraction of sp³-hybridized carbons (Fsp3) is 0.360. The van der Waals surface area contributed by atoms with Crippen LogP contribution in [0.5, 0.6) is 11.5 Å². The number of nitrogens with zero attached hydrogens (tertiary/aromatic N) is 3. The van der Waals surface area contributed by atoms with Crippen LogP contribution in [0.2, 0.25) is 0 Å². The van der Waals surface area contributed by atoms with Crippen molar-refractivity contribution in [3.05, 3.63) is 65.4 Å². The van der Waals surface area contributed by atoms with E-state index in [-0.39, 0.29) is 5.91 Å². The number of benzene rings is 2. The molecule has 3 aromatic rings. The van der Waals surface area contributed by atoms with Gasteiger partial charge in [-0.1, -0.05) is 24.3 Å². The molecule has 1 aromatic heterocycles. The first-order valence-electron chi connectivity index (χ1n) is 11.0. The topological polar surface area (TPSA) is 54.9 Å². The maximum absolute atomic E-state index is 13.5. The molecule has 31 heavy (non-hydrogen) atoms. The highest BCUT2D eigenvalue weighted by Crippen LogP contribution is 2.40. The molecule has 3 heterocycles. The van der Waals surface area contributed by atoms with Gasteiger partial charge in [-0.25, -0.2) is 0 Å². The molecule has 1 aliphatic carbocycles. The molecule has 158 valence electrons. The van der Waals surface area contributed by atoms with Crippen LogP contribution in [0.25, 0.3) is 10.9 Å². The van der Waals surface area contributed by atoms with Gasteiger partial charge in [-0.2, -0.15) is 0 Å². The van der Waals surface area contributed by atoms with Crippen molar-refractivity contribution in [3.8, 4) is 11.5 Å². The number of aromatic nitrogens is 1. The normalized spacial score (nSPS) is 18.5. The molecule has 1 saturated heterocycles. The van der Waals surface area contributed by atoms with E-state index in [2.05, 4.69) is 17.0 Å². The van der Waals surface area contributed by atoms with Crippen molar-refractivity contribution in [2.24, 2.45) is 0 Å². The molecule has 1 amide bonds. The van der Waals surface area contributed by atoms with E-state index in [1.807, 2.05) is 41.3 Å². The third kappa shape index (κ3) is 3.61. The molecule has 0 radical (unpaired) electrons. The SMILES string of the molecule is O=C(c1cc(C2CC2)nc2ccccc12)N1CCN(Cc2ccc3c(c2)OCO3)CC1. The Labute approximate surface area is 181 Å². The van der Waals surface area contributed by atoms with Gasteiger partial charge in [-0.3, -0.25) is 14.7 Å². The van der Waals surface area contributed by atoms with Crippen molar-refractivity contribution < 1.29 is 14.3 Å². The van der Waals surface area contributed by atoms with Gasteiger partial charge in [0.25, 0.3) is 5.91 Å². The van der Waals surface area contributed by atoms with Crippen molar-refractivity contribution in [1.29, 1.82) is 0 Å². The van der Waals surface area contributed by atoms with Crippen LogP contribution in [-0.4, -0.2) is 53.7 Å². The molecule has 2 fully saturated rings. The maximum Gasteiger partial charge on any atom is 0.254 e. The molecule has 0 spiro atoms. The largest absolute Gasteiger partial charge is 0.454 e. The van der Waals surface area contributed by atoms with Gasteiger partial charge in [0.05, 0.1) is 11.1 Å². The van der Waals surface area contributed by atoms with Gasteiger partial charge in [0.1, 0.15) is 0 Å². The van der Waals surface area contributed by atoms with Gasteiger partial charge in [0.15, 0.2) is 11.5 Å². The molecule has 0 atom stereocenters. The second kappa shape index (κ2) is 7.54. The summed E-state index contributed by atoms with van der Waals surface area (Å²) >= 11 is 0. The molecule has 0 bridgehead atoms. The van der Waals surface area contributed by atoms with Crippen molar-refractivity contribution in [1.82, 2.24) is 14.8 Å². The minimum atomic E-state index is 0.128. The van der Waals surface area contributed by atoms with Gasteiger partial charge < -0.3 is 14.4 Å². The minimum absolute atomic E-state index is 0.128. The van der Waals surface area contributed by atoms with Gasteiger partial charge in [0, 0.05) is 49.7 Å². The predicted octanol–water partition coefficient (Wildman–Crippen LogP) is 3.80. The van der Waals surface area contributed by atoms with Crippen molar-refractivity contribution in [2.75, 3.05) is 33.0 Å². The number of carbonyl (C=O) groups is 1. The zero-order valence-corrected chi connectivity index (χ0v) is 17.4. The van der Waals surface area contributed by atoms with Crippen molar-refractivity contribution in [3.63, 3.8) is 0 Å². The lowest BCUT2D eigenvalue weighted by atomic mass is 10.0. The Morgan fingerprint density at radius 2 is 1.77 bits per heavy atom. The first-order valence-corrected chi connectivity index (χ1v) is 11.0. The number of rotatable bonds is 4. The molecule has 2 aromatic carbocycles. The second-order valence-corrected chi connectivity index (χ2v) is 8.64. The molecule has 6 nitrogen and oxygen atoms in total. The number of carbonyl (C=O) groups excluding carboxylic acids is 1. The number of hydrogen-bond acceptors (Lipinski definition) is 5. The smallest absolute Gasteiger partial charge is 0.254 e. The monoisotopic (exact) mass is 415 g/mol. The molecule has 0 unspecified atom stereocenters. The van der Waals surface area contributed by atoms with E-state index in [0.29, 0.717) is 12.7 Å². The highest BCUT2D eigenvalue weighted by molar-refractivity contribution is 6.06. The second-order valence-electron chi connectivity index (χ2n) is 8.64. The summed E-state index contributed by atoms with van der Waals surface area (Å²) in [5.41, 5.74) is 4.01. The summed E-state index contributed by atoms with van der Waals surface area (Å²) in [5, 5.41) is 0.958. The Balaban J connectivity index is 1.16. The molecule has 6 rings (SSSR count). The Morgan fingerprint density at radius 1 is 0.968 bits per heavy atom. The van der Waals surface area contributed by atoms with Crippen molar-refractivity contribution in [2.45, 2.75) is 25.3 Å². The van der Waals surface area contributed by atoms with Gasteiger partial charge in [-0.15, -0.1) is 0 Å². The Kier molecular flexibility index (Phi) is 4.53. The Morgan fingerprint density at radius 3 is 2.61 bits per heavy atom. The highest BCUT2D eigenvalue weighted by atomic mass is 16.7. The Hall–Kier alpha value is -3.12. The van der Waals surface area contributed by atoms with Crippen LogP contribution in [0.4, 0.5) is 0 Å². The molecule has 0 N–H and O–H groups in total. The first-order chi connectivity index (χ1) is 15.2. The summed E-state index contributed by atoms with van der Waals surface area (Å²) in [4.78, 5) is 22.6. The number of para-hydroxylation sites is 1. The first kappa shape index (κ1) is 18.6. The van der Waals surface area contributed by atoms with E-state index in [1.54, 1.807) is 0 Å². The zero-order chi connectivity index (χ0) is 20.8. The van der Waals surface area contributed by atoms with E-state index in [9.17, 15) is 4.79 Å². The molecule has 2 aliphatic heterocycles. The Bertz CT molecular complexity index is 1150. The fourth-order valence-electron chi connectivity index (χ4n) is 4.54. The van der Waals surface area contributed by atoms with Crippen LogP contribution in [-0.2, 0) is 6.54 Å². The number of ether oxygens (including phenoxy) is 2. The summed E-state index contributed by atoms with van der Waals surface area (Å²) in [7, 11) is 0. The number of piperazine rings is 1. The van der Waals surface area contributed by atoms with E-state index in [1.165, 1.54) is 18.4 Å². The van der Waals surface area contributed by atoms with Gasteiger partial charge >= 0.3 is 0 Å². The van der Waals surface area contributed by atoms with E-state index in [4.69, 9.17) is 14.5 Å². The summed E-state index contributed by atoms with van der Waals surface area (Å²) in [6.45, 7) is 4.34. The molecular weight excluding hydrogens is 390 g/mol. The molecule has 3 aliphatic rings. The standard InChI is InChI=1S/C25H25N3O3/c29-25(20-14-22(18-6-7-18)26-21-4-2-1-3-19(20)21)28-11-9-27(10-12-28)15-17-5-8-23-24(13-17)31-16-30-23/h1-5,8,13-14,18H,6-7,9-12,15-16H2.